The molecule has 1 heterocycles. The Bertz CT molecular complexity index is 496. The number of hydrogen-bond acceptors (Lipinski definition) is 3. The Labute approximate surface area is 146 Å². The lowest BCUT2D eigenvalue weighted by molar-refractivity contribution is 0.0789. The fourth-order valence-corrected chi connectivity index (χ4v) is 2.97. The highest BCUT2D eigenvalue weighted by Gasteiger charge is 2.15. The van der Waals surface area contributed by atoms with Crippen molar-refractivity contribution in [3.8, 4) is 0 Å². The number of hydrogen-bond donors (Lipinski definition) is 0. The van der Waals surface area contributed by atoms with E-state index in [1.165, 1.54) is 38.9 Å². The molecule has 2 rings (SSSR count). The number of unbranched alkanes of at least 4 members (excludes halogenated alkanes) is 2. The van der Waals surface area contributed by atoms with E-state index in [-0.39, 0.29) is 5.91 Å². The molecule has 0 radical (unpaired) electrons. The van der Waals surface area contributed by atoms with Gasteiger partial charge in [-0.3, -0.25) is 9.59 Å². The van der Waals surface area contributed by atoms with Crippen molar-refractivity contribution >= 4 is 12.2 Å². The molecule has 0 aliphatic carbocycles. The molecule has 0 spiro atoms. The van der Waals surface area contributed by atoms with E-state index in [9.17, 15) is 9.59 Å². The molecule has 134 valence electrons. The smallest absolute Gasteiger partial charge is 0.254 e. The Hall–Kier alpha value is -1.68. The molecule has 4 nitrogen and oxygen atoms in total. The lowest BCUT2D eigenvalue weighted by Gasteiger charge is -2.18. The van der Waals surface area contributed by atoms with Crippen LogP contribution in [0.5, 0.6) is 0 Å². The van der Waals surface area contributed by atoms with Crippen molar-refractivity contribution in [3.63, 3.8) is 0 Å². The summed E-state index contributed by atoms with van der Waals surface area (Å²) in [6, 6.07) is 6.98. The number of carbonyl (C=O) groups excluding carboxylic acids is 2. The molecule has 24 heavy (non-hydrogen) atoms. The van der Waals surface area contributed by atoms with Crippen LogP contribution in [0.4, 0.5) is 0 Å². The van der Waals surface area contributed by atoms with Gasteiger partial charge in [-0.25, -0.2) is 0 Å². The molecule has 0 atom stereocenters. The van der Waals surface area contributed by atoms with Gasteiger partial charge in [-0.15, -0.1) is 0 Å². The number of nitrogens with zero attached hydrogens (tertiary/aromatic N) is 2. The first kappa shape index (κ1) is 20.4. The average molecular weight is 332 g/mol. The van der Waals surface area contributed by atoms with Gasteiger partial charge < -0.3 is 9.80 Å². The lowest BCUT2D eigenvalue weighted by Crippen LogP contribution is -2.28. The van der Waals surface area contributed by atoms with Gasteiger partial charge in [0.1, 0.15) is 0 Å². The minimum atomic E-state index is -0.0674. The highest BCUT2D eigenvalue weighted by atomic mass is 16.2. The maximum atomic E-state index is 12.4. The molecule has 1 amide bonds. The second-order valence-electron chi connectivity index (χ2n) is 6.04. The third-order valence-corrected chi connectivity index (χ3v) is 4.33. The van der Waals surface area contributed by atoms with Crippen LogP contribution in [-0.4, -0.2) is 55.2 Å². The summed E-state index contributed by atoms with van der Waals surface area (Å²) in [7, 11) is 1.81. The van der Waals surface area contributed by atoms with Crippen LogP contribution in [0.2, 0.25) is 0 Å². The Kier molecular flexibility index (Phi) is 10.0. The van der Waals surface area contributed by atoms with Crippen molar-refractivity contribution in [1.29, 1.82) is 0 Å². The number of carbonyl (C=O) groups is 2. The van der Waals surface area contributed by atoms with Crippen molar-refractivity contribution in [2.75, 3.05) is 33.2 Å². The van der Waals surface area contributed by atoms with E-state index in [1.54, 1.807) is 29.2 Å². The van der Waals surface area contributed by atoms with Crippen molar-refractivity contribution in [1.82, 2.24) is 9.80 Å². The van der Waals surface area contributed by atoms with Gasteiger partial charge >= 0.3 is 0 Å². The van der Waals surface area contributed by atoms with Crippen molar-refractivity contribution < 1.29 is 9.59 Å². The predicted octanol–water partition coefficient (Wildman–Crippen LogP) is 3.86. The van der Waals surface area contributed by atoms with Crippen molar-refractivity contribution in [2.45, 2.75) is 46.0 Å². The van der Waals surface area contributed by atoms with Gasteiger partial charge in [0.15, 0.2) is 6.29 Å². The van der Waals surface area contributed by atoms with E-state index in [0.717, 1.165) is 25.7 Å². The molecule has 1 aromatic carbocycles. The zero-order chi connectivity index (χ0) is 17.8. The molecular weight excluding hydrogens is 300 g/mol. The van der Waals surface area contributed by atoms with Crippen LogP contribution in [0.25, 0.3) is 0 Å². The monoisotopic (exact) mass is 332 g/mol. The maximum Gasteiger partial charge on any atom is 0.254 e. The Balaban J connectivity index is 0.00000139. The Morgan fingerprint density at radius 2 is 1.79 bits per heavy atom. The maximum absolute atomic E-state index is 12.4. The van der Waals surface area contributed by atoms with Crippen LogP contribution < -0.4 is 0 Å². The van der Waals surface area contributed by atoms with Gasteiger partial charge in [-0.05, 0) is 51.4 Å². The number of benzene rings is 1. The largest absolute Gasteiger partial charge is 0.342 e. The van der Waals surface area contributed by atoms with E-state index in [0.29, 0.717) is 11.1 Å². The van der Waals surface area contributed by atoms with Crippen LogP contribution in [0.15, 0.2) is 24.3 Å². The first-order valence-electron chi connectivity index (χ1n) is 9.24. The van der Waals surface area contributed by atoms with Gasteiger partial charge in [-0.1, -0.05) is 38.5 Å². The van der Waals surface area contributed by atoms with E-state index in [2.05, 4.69) is 4.90 Å². The topological polar surface area (TPSA) is 40.6 Å². The molecule has 1 aromatic rings. The Morgan fingerprint density at radius 1 is 1.12 bits per heavy atom. The van der Waals surface area contributed by atoms with Crippen LogP contribution in [0.3, 0.4) is 0 Å². The SMILES string of the molecule is CC.CN(CCCCCN1CCCC1)C(=O)c1ccccc1C=O. The average Bonchev–Trinajstić information content (AvgIpc) is 3.15. The third kappa shape index (κ3) is 6.44. The zero-order valence-corrected chi connectivity index (χ0v) is 15.5. The minimum Gasteiger partial charge on any atom is -0.342 e. The predicted molar refractivity (Wildman–Crippen MR) is 99.7 cm³/mol. The lowest BCUT2D eigenvalue weighted by atomic mass is 10.1. The summed E-state index contributed by atoms with van der Waals surface area (Å²) < 4.78 is 0. The normalized spacial score (nSPS) is 14.0. The molecule has 1 aliphatic heterocycles. The van der Waals surface area contributed by atoms with E-state index in [1.807, 2.05) is 20.9 Å². The summed E-state index contributed by atoms with van der Waals surface area (Å²) in [5.41, 5.74) is 0.963. The fraction of sp³-hybridized carbons (Fsp3) is 0.600. The van der Waals surface area contributed by atoms with Gasteiger partial charge in [0.2, 0.25) is 0 Å². The summed E-state index contributed by atoms with van der Waals surface area (Å²) in [5.74, 6) is -0.0674. The second kappa shape index (κ2) is 11.8. The van der Waals surface area contributed by atoms with Gasteiger partial charge in [-0.2, -0.15) is 0 Å². The highest BCUT2D eigenvalue weighted by molar-refractivity contribution is 6.01. The zero-order valence-electron chi connectivity index (χ0n) is 15.5. The molecule has 0 saturated carbocycles. The van der Waals surface area contributed by atoms with E-state index >= 15 is 0 Å². The van der Waals surface area contributed by atoms with E-state index in [4.69, 9.17) is 0 Å². The van der Waals surface area contributed by atoms with Crippen LogP contribution >= 0.6 is 0 Å². The highest BCUT2D eigenvalue weighted by Crippen LogP contribution is 2.11. The van der Waals surface area contributed by atoms with Crippen LogP contribution in [0.1, 0.15) is 66.7 Å². The quantitative estimate of drug-likeness (QED) is 0.536. The summed E-state index contributed by atoms with van der Waals surface area (Å²) in [5, 5.41) is 0. The summed E-state index contributed by atoms with van der Waals surface area (Å²) >= 11 is 0. The molecule has 1 saturated heterocycles. The summed E-state index contributed by atoms with van der Waals surface area (Å²) in [4.78, 5) is 27.6. The minimum absolute atomic E-state index is 0.0674. The summed E-state index contributed by atoms with van der Waals surface area (Å²) in [6.07, 6.45) is 6.79. The molecular formula is C20H32N2O2. The first-order chi connectivity index (χ1) is 11.7. The molecule has 4 heteroatoms. The van der Waals surface area contributed by atoms with Gasteiger partial charge in [0.25, 0.3) is 5.91 Å². The second-order valence-corrected chi connectivity index (χ2v) is 6.04. The molecule has 1 aliphatic rings. The summed E-state index contributed by atoms with van der Waals surface area (Å²) in [6.45, 7) is 8.43. The standard InChI is InChI=1S/C18H26N2O2.C2H6/c1-19(11-5-2-6-12-20-13-7-8-14-20)18(22)17-10-4-3-9-16(17)15-21;1-2/h3-4,9-10,15H,2,5-8,11-14H2,1H3;1-2H3. The fourth-order valence-electron chi connectivity index (χ4n) is 2.97. The van der Waals surface area contributed by atoms with Gasteiger partial charge in [0, 0.05) is 19.2 Å². The number of aldehydes is 1. The number of rotatable bonds is 8. The molecule has 0 aromatic heterocycles. The van der Waals surface area contributed by atoms with Crippen LogP contribution in [0, 0.1) is 0 Å². The first-order valence-corrected chi connectivity index (χ1v) is 9.24. The molecule has 0 N–H and O–H groups in total. The van der Waals surface area contributed by atoms with Crippen molar-refractivity contribution in [3.05, 3.63) is 35.4 Å². The number of amides is 1. The molecule has 1 fully saturated rings. The molecule has 0 unspecified atom stereocenters. The number of likely N-dealkylation sites (tertiary alicyclic amines) is 1. The van der Waals surface area contributed by atoms with E-state index < -0.39 is 0 Å². The Morgan fingerprint density at radius 3 is 2.46 bits per heavy atom. The van der Waals surface area contributed by atoms with Crippen molar-refractivity contribution in [2.24, 2.45) is 0 Å². The molecule has 0 bridgehead atoms. The van der Waals surface area contributed by atoms with Crippen LogP contribution in [-0.2, 0) is 0 Å². The van der Waals surface area contributed by atoms with Gasteiger partial charge in [0.05, 0.1) is 5.56 Å². The third-order valence-electron chi connectivity index (χ3n) is 4.33.